The lowest BCUT2D eigenvalue weighted by Gasteiger charge is -2.20. The van der Waals surface area contributed by atoms with Crippen molar-refractivity contribution in [2.45, 2.75) is 13.1 Å². The fraction of sp³-hybridized carbons (Fsp3) is 0.280. The summed E-state index contributed by atoms with van der Waals surface area (Å²) < 4.78 is 22.6. The van der Waals surface area contributed by atoms with E-state index < -0.39 is 0 Å². The average Bonchev–Trinajstić information content (AvgIpc) is 3.00. The second kappa shape index (κ2) is 9.09. The van der Waals surface area contributed by atoms with Gasteiger partial charge in [0.1, 0.15) is 6.61 Å². The van der Waals surface area contributed by atoms with Gasteiger partial charge in [0, 0.05) is 25.2 Å². The molecule has 4 rings (SSSR count). The third-order valence-electron chi connectivity index (χ3n) is 5.37. The van der Waals surface area contributed by atoms with Gasteiger partial charge in [-0.3, -0.25) is 4.90 Å². The van der Waals surface area contributed by atoms with Crippen LogP contribution in [0.15, 0.2) is 60.7 Å². The van der Waals surface area contributed by atoms with Gasteiger partial charge in [-0.25, -0.2) is 0 Å². The average molecular weight is 405 g/mol. The Bertz CT molecular complexity index is 1000. The third kappa shape index (κ3) is 4.21. The number of nitrogens with zero attached hydrogens (tertiary/aromatic N) is 1. The Labute approximate surface area is 177 Å². The van der Waals surface area contributed by atoms with E-state index in [-0.39, 0.29) is 0 Å². The number of benzene rings is 3. The van der Waals surface area contributed by atoms with Gasteiger partial charge >= 0.3 is 0 Å². The number of hydrogen-bond acceptors (Lipinski definition) is 5. The van der Waals surface area contributed by atoms with Gasteiger partial charge in [0.25, 0.3) is 0 Å². The van der Waals surface area contributed by atoms with Crippen LogP contribution in [0.5, 0.6) is 23.0 Å². The molecule has 5 heteroatoms. The monoisotopic (exact) mass is 405 g/mol. The van der Waals surface area contributed by atoms with Crippen LogP contribution in [0, 0.1) is 0 Å². The Morgan fingerprint density at radius 1 is 0.800 bits per heavy atom. The fourth-order valence-electron chi connectivity index (χ4n) is 3.85. The van der Waals surface area contributed by atoms with E-state index in [1.165, 1.54) is 5.56 Å². The van der Waals surface area contributed by atoms with Crippen molar-refractivity contribution in [1.82, 2.24) is 4.90 Å². The molecule has 0 bridgehead atoms. The van der Waals surface area contributed by atoms with E-state index in [1.54, 1.807) is 21.3 Å². The molecule has 1 aliphatic heterocycles. The molecule has 0 aliphatic carbocycles. The largest absolute Gasteiger partial charge is 0.493 e. The summed E-state index contributed by atoms with van der Waals surface area (Å²) in [6.45, 7) is 3.17. The van der Waals surface area contributed by atoms with Gasteiger partial charge in [0.2, 0.25) is 0 Å². The molecule has 1 heterocycles. The molecule has 0 saturated carbocycles. The Hall–Kier alpha value is -3.18. The van der Waals surface area contributed by atoms with Crippen molar-refractivity contribution in [2.75, 3.05) is 34.5 Å². The van der Waals surface area contributed by atoms with E-state index in [4.69, 9.17) is 18.9 Å². The number of methoxy groups -OCH3 is 3. The second-order valence-electron chi connectivity index (χ2n) is 7.28. The van der Waals surface area contributed by atoms with Crippen LogP contribution in [-0.4, -0.2) is 39.4 Å². The highest BCUT2D eigenvalue weighted by atomic mass is 16.5. The fourth-order valence-corrected chi connectivity index (χ4v) is 3.85. The first-order valence-corrected chi connectivity index (χ1v) is 10.0. The van der Waals surface area contributed by atoms with Crippen LogP contribution in [0.25, 0.3) is 11.1 Å². The standard InChI is InChI=1S/C25H27NO4/c1-27-22-10-9-19(14-23(22)28-2)20-13-21-17-26(16-18-7-5-4-6-8-18)11-12-30-25(21)24(15-20)29-3/h4-10,13-15H,11-12,16-17H2,1-3H3. The Kier molecular flexibility index (Phi) is 6.10. The normalized spacial score (nSPS) is 13.7. The highest BCUT2D eigenvalue weighted by Gasteiger charge is 2.21. The van der Waals surface area contributed by atoms with Crippen molar-refractivity contribution in [3.8, 4) is 34.1 Å². The summed E-state index contributed by atoms with van der Waals surface area (Å²) in [5.74, 6) is 2.99. The van der Waals surface area contributed by atoms with Crippen LogP contribution in [0.2, 0.25) is 0 Å². The van der Waals surface area contributed by atoms with Gasteiger partial charge in [-0.1, -0.05) is 36.4 Å². The van der Waals surface area contributed by atoms with Gasteiger partial charge < -0.3 is 18.9 Å². The molecule has 0 unspecified atom stereocenters. The van der Waals surface area contributed by atoms with Crippen LogP contribution in [0.1, 0.15) is 11.1 Å². The maximum absolute atomic E-state index is 6.10. The molecule has 5 nitrogen and oxygen atoms in total. The first-order valence-electron chi connectivity index (χ1n) is 10.0. The van der Waals surface area contributed by atoms with Crippen LogP contribution in [0.4, 0.5) is 0 Å². The van der Waals surface area contributed by atoms with Crippen LogP contribution in [-0.2, 0) is 13.1 Å². The molecule has 0 N–H and O–H groups in total. The predicted molar refractivity (Wildman–Crippen MR) is 118 cm³/mol. The molecular formula is C25H27NO4. The van der Waals surface area contributed by atoms with E-state index in [2.05, 4.69) is 35.2 Å². The molecule has 0 fully saturated rings. The number of hydrogen-bond donors (Lipinski definition) is 0. The van der Waals surface area contributed by atoms with Crippen molar-refractivity contribution in [2.24, 2.45) is 0 Å². The molecule has 0 spiro atoms. The predicted octanol–water partition coefficient (Wildman–Crippen LogP) is 4.77. The van der Waals surface area contributed by atoms with E-state index in [0.29, 0.717) is 18.1 Å². The Morgan fingerprint density at radius 3 is 2.27 bits per heavy atom. The number of ether oxygens (including phenoxy) is 4. The first-order chi connectivity index (χ1) is 14.7. The smallest absolute Gasteiger partial charge is 0.165 e. The van der Waals surface area contributed by atoms with Gasteiger partial charge in [0.15, 0.2) is 23.0 Å². The van der Waals surface area contributed by atoms with Gasteiger partial charge in [-0.15, -0.1) is 0 Å². The minimum absolute atomic E-state index is 0.631. The van der Waals surface area contributed by atoms with Crippen LogP contribution < -0.4 is 18.9 Å². The van der Waals surface area contributed by atoms with Gasteiger partial charge in [-0.05, 0) is 41.0 Å². The quantitative estimate of drug-likeness (QED) is 0.591. The molecular weight excluding hydrogens is 378 g/mol. The second-order valence-corrected chi connectivity index (χ2v) is 7.28. The Morgan fingerprint density at radius 2 is 1.53 bits per heavy atom. The van der Waals surface area contributed by atoms with Crippen molar-refractivity contribution in [3.63, 3.8) is 0 Å². The van der Waals surface area contributed by atoms with E-state index in [1.807, 2.05) is 30.3 Å². The zero-order valence-electron chi connectivity index (χ0n) is 17.7. The molecule has 156 valence electrons. The lowest BCUT2D eigenvalue weighted by Crippen LogP contribution is -2.25. The SMILES string of the molecule is COc1ccc(-c2cc3c(c(OC)c2)OCCN(Cc2ccccc2)C3)cc1OC. The third-order valence-corrected chi connectivity index (χ3v) is 5.37. The lowest BCUT2D eigenvalue weighted by atomic mass is 10.0. The Balaban J connectivity index is 1.69. The molecule has 0 radical (unpaired) electrons. The molecule has 1 aliphatic rings. The summed E-state index contributed by atoms with van der Waals surface area (Å²) >= 11 is 0. The van der Waals surface area contributed by atoms with E-state index in [0.717, 1.165) is 47.8 Å². The molecule has 3 aromatic rings. The zero-order valence-corrected chi connectivity index (χ0v) is 17.7. The summed E-state index contributed by atoms with van der Waals surface area (Å²) in [7, 11) is 4.97. The van der Waals surface area contributed by atoms with Crippen molar-refractivity contribution >= 4 is 0 Å². The summed E-state index contributed by atoms with van der Waals surface area (Å²) in [4.78, 5) is 2.40. The van der Waals surface area contributed by atoms with Crippen LogP contribution in [0.3, 0.4) is 0 Å². The highest BCUT2D eigenvalue weighted by Crippen LogP contribution is 2.40. The number of fused-ring (bicyclic) bond motifs is 1. The summed E-state index contributed by atoms with van der Waals surface area (Å²) in [6.07, 6.45) is 0. The molecule has 0 saturated heterocycles. The van der Waals surface area contributed by atoms with E-state index in [9.17, 15) is 0 Å². The maximum Gasteiger partial charge on any atom is 0.165 e. The van der Waals surface area contributed by atoms with E-state index >= 15 is 0 Å². The highest BCUT2D eigenvalue weighted by molar-refractivity contribution is 5.71. The summed E-state index contributed by atoms with van der Waals surface area (Å²) in [5, 5.41) is 0. The van der Waals surface area contributed by atoms with Gasteiger partial charge in [-0.2, -0.15) is 0 Å². The molecule has 0 atom stereocenters. The van der Waals surface area contributed by atoms with Crippen molar-refractivity contribution in [3.05, 3.63) is 71.8 Å². The lowest BCUT2D eigenvalue weighted by molar-refractivity contribution is 0.217. The van der Waals surface area contributed by atoms with Crippen molar-refractivity contribution in [1.29, 1.82) is 0 Å². The summed E-state index contributed by atoms with van der Waals surface area (Å²) in [6, 6.07) is 20.7. The van der Waals surface area contributed by atoms with Crippen LogP contribution >= 0.6 is 0 Å². The van der Waals surface area contributed by atoms with Gasteiger partial charge in [0.05, 0.1) is 21.3 Å². The minimum atomic E-state index is 0.631. The number of rotatable bonds is 6. The molecule has 0 aromatic heterocycles. The maximum atomic E-state index is 6.10. The minimum Gasteiger partial charge on any atom is -0.493 e. The zero-order chi connectivity index (χ0) is 20.9. The topological polar surface area (TPSA) is 40.2 Å². The van der Waals surface area contributed by atoms with Crippen molar-refractivity contribution < 1.29 is 18.9 Å². The first kappa shape index (κ1) is 20.1. The molecule has 0 amide bonds. The summed E-state index contributed by atoms with van der Waals surface area (Å²) in [5.41, 5.74) is 4.50. The molecule has 3 aromatic carbocycles. The molecule has 30 heavy (non-hydrogen) atoms.